The van der Waals surface area contributed by atoms with Gasteiger partial charge in [-0.05, 0) is 49.7 Å². The van der Waals surface area contributed by atoms with Gasteiger partial charge in [-0.1, -0.05) is 0 Å². The Morgan fingerprint density at radius 2 is 1.68 bits per heavy atom. The second-order valence-electron chi connectivity index (χ2n) is 6.61. The van der Waals surface area contributed by atoms with Gasteiger partial charge in [-0.15, -0.1) is 0 Å². The minimum absolute atomic E-state index is 0.534. The van der Waals surface area contributed by atoms with Crippen molar-refractivity contribution in [2.45, 2.75) is 51.4 Å². The van der Waals surface area contributed by atoms with Crippen LogP contribution in [0.2, 0.25) is 0 Å². The molecule has 0 atom stereocenters. The number of anilines is 1. The summed E-state index contributed by atoms with van der Waals surface area (Å²) in [6.07, 6.45) is 5.58. The largest absolute Gasteiger partial charge is 0.449 e. The fourth-order valence-electron chi connectivity index (χ4n) is 3.04. The maximum absolute atomic E-state index is 5.81. The van der Waals surface area contributed by atoms with Gasteiger partial charge in [0.05, 0.1) is 0 Å². The summed E-state index contributed by atoms with van der Waals surface area (Å²) in [5.41, 5.74) is 1.17. The van der Waals surface area contributed by atoms with E-state index in [9.17, 15) is 0 Å². The molecule has 102 valence electrons. The fraction of sp³-hybridized carbons (Fsp3) is 0.625. The molecule has 0 saturated heterocycles. The standard InChI is InChI=1S/C16H21NO2/c1-16(2)18-13-8-7-12(9-14(13)19-16)17-15(10-3-4-10)11-5-6-11/h7-11,15,17H,3-6H2,1-2H3. The van der Waals surface area contributed by atoms with E-state index in [1.165, 1.54) is 31.4 Å². The Balaban J connectivity index is 1.53. The highest BCUT2D eigenvalue weighted by Gasteiger charge is 2.41. The van der Waals surface area contributed by atoms with Gasteiger partial charge >= 0.3 is 0 Å². The number of fused-ring (bicyclic) bond motifs is 1. The maximum atomic E-state index is 5.81. The van der Waals surface area contributed by atoms with Gasteiger partial charge in [-0.25, -0.2) is 0 Å². The van der Waals surface area contributed by atoms with Crippen molar-refractivity contribution in [3.63, 3.8) is 0 Å². The lowest BCUT2D eigenvalue weighted by Gasteiger charge is -2.19. The first-order valence-electron chi connectivity index (χ1n) is 7.39. The van der Waals surface area contributed by atoms with Crippen molar-refractivity contribution in [1.29, 1.82) is 0 Å². The van der Waals surface area contributed by atoms with E-state index in [0.717, 1.165) is 23.3 Å². The fourth-order valence-corrected chi connectivity index (χ4v) is 3.04. The van der Waals surface area contributed by atoms with Gasteiger partial charge in [0.2, 0.25) is 5.79 Å². The SMILES string of the molecule is CC1(C)Oc2ccc(NC(C3CC3)C3CC3)cc2O1. The third-order valence-corrected chi connectivity index (χ3v) is 4.25. The van der Waals surface area contributed by atoms with Crippen molar-refractivity contribution < 1.29 is 9.47 Å². The number of rotatable bonds is 4. The van der Waals surface area contributed by atoms with Gasteiger partial charge in [-0.3, -0.25) is 0 Å². The smallest absolute Gasteiger partial charge is 0.246 e. The van der Waals surface area contributed by atoms with E-state index in [2.05, 4.69) is 17.4 Å². The van der Waals surface area contributed by atoms with E-state index >= 15 is 0 Å². The number of ether oxygens (including phenoxy) is 2. The molecule has 3 aliphatic rings. The van der Waals surface area contributed by atoms with Gasteiger partial charge < -0.3 is 14.8 Å². The van der Waals surface area contributed by atoms with E-state index < -0.39 is 5.79 Å². The molecule has 2 saturated carbocycles. The summed E-state index contributed by atoms with van der Waals surface area (Å²) in [7, 11) is 0. The van der Waals surface area contributed by atoms with Crippen LogP contribution < -0.4 is 14.8 Å². The highest BCUT2D eigenvalue weighted by atomic mass is 16.7. The van der Waals surface area contributed by atoms with Crippen LogP contribution in [0, 0.1) is 11.8 Å². The molecule has 1 N–H and O–H groups in total. The number of hydrogen-bond acceptors (Lipinski definition) is 3. The van der Waals surface area contributed by atoms with E-state index in [4.69, 9.17) is 9.47 Å². The molecule has 0 aromatic heterocycles. The third-order valence-electron chi connectivity index (χ3n) is 4.25. The molecule has 2 aliphatic carbocycles. The quantitative estimate of drug-likeness (QED) is 0.892. The highest BCUT2D eigenvalue weighted by molar-refractivity contribution is 5.56. The first-order chi connectivity index (χ1) is 9.11. The van der Waals surface area contributed by atoms with E-state index in [-0.39, 0.29) is 0 Å². The third kappa shape index (κ3) is 2.26. The molecule has 0 spiro atoms. The van der Waals surface area contributed by atoms with Gasteiger partial charge in [0.15, 0.2) is 11.5 Å². The summed E-state index contributed by atoms with van der Waals surface area (Å²) in [4.78, 5) is 0. The van der Waals surface area contributed by atoms with Gasteiger partial charge in [-0.2, -0.15) is 0 Å². The van der Waals surface area contributed by atoms with Crippen molar-refractivity contribution in [2.24, 2.45) is 11.8 Å². The van der Waals surface area contributed by atoms with Gasteiger partial charge in [0.25, 0.3) is 0 Å². The minimum atomic E-state index is -0.534. The summed E-state index contributed by atoms with van der Waals surface area (Å²) in [6.45, 7) is 3.88. The molecule has 1 aliphatic heterocycles. The van der Waals surface area contributed by atoms with Crippen LogP contribution in [-0.2, 0) is 0 Å². The average Bonchev–Trinajstić information content (AvgIpc) is 3.22. The molecule has 1 heterocycles. The Hall–Kier alpha value is -1.38. The zero-order valence-corrected chi connectivity index (χ0v) is 11.6. The predicted octanol–water partition coefficient (Wildman–Crippen LogP) is 3.79. The molecule has 0 bridgehead atoms. The molecule has 1 aromatic rings. The molecule has 3 nitrogen and oxygen atoms in total. The van der Waals surface area contributed by atoms with Crippen LogP contribution in [0.5, 0.6) is 11.5 Å². The Morgan fingerprint density at radius 3 is 2.32 bits per heavy atom. The molecular weight excluding hydrogens is 238 g/mol. The first kappa shape index (κ1) is 11.4. The van der Waals surface area contributed by atoms with Crippen LogP contribution >= 0.6 is 0 Å². The summed E-state index contributed by atoms with van der Waals surface area (Å²) in [6, 6.07) is 6.89. The molecule has 19 heavy (non-hydrogen) atoms. The molecule has 1 aromatic carbocycles. The van der Waals surface area contributed by atoms with Gasteiger partial charge in [0.1, 0.15) is 0 Å². The second kappa shape index (κ2) is 3.81. The topological polar surface area (TPSA) is 30.5 Å². The summed E-state index contributed by atoms with van der Waals surface area (Å²) in [5, 5.41) is 3.72. The van der Waals surface area contributed by atoms with Crippen LogP contribution in [0.3, 0.4) is 0 Å². The highest BCUT2D eigenvalue weighted by Crippen LogP contribution is 2.47. The molecule has 2 fully saturated rings. The molecule has 0 radical (unpaired) electrons. The van der Waals surface area contributed by atoms with Crippen molar-refractivity contribution in [1.82, 2.24) is 0 Å². The lowest BCUT2D eigenvalue weighted by atomic mass is 10.1. The predicted molar refractivity (Wildman–Crippen MR) is 74.6 cm³/mol. The summed E-state index contributed by atoms with van der Waals surface area (Å²) >= 11 is 0. The zero-order valence-electron chi connectivity index (χ0n) is 11.6. The van der Waals surface area contributed by atoms with Crippen molar-refractivity contribution >= 4 is 5.69 Å². The van der Waals surface area contributed by atoms with E-state index in [1.54, 1.807) is 0 Å². The summed E-state index contributed by atoms with van der Waals surface area (Å²) in [5.74, 6) is 2.97. The van der Waals surface area contributed by atoms with E-state index in [1.807, 2.05) is 19.9 Å². The Kier molecular flexibility index (Phi) is 2.30. The molecule has 4 rings (SSSR count). The number of benzene rings is 1. The average molecular weight is 259 g/mol. The monoisotopic (exact) mass is 259 g/mol. The molecule has 0 amide bonds. The van der Waals surface area contributed by atoms with Crippen LogP contribution in [0.4, 0.5) is 5.69 Å². The Bertz CT molecular complexity index is 491. The number of hydrogen-bond donors (Lipinski definition) is 1. The normalized spacial score (nSPS) is 23.7. The summed E-state index contributed by atoms with van der Waals surface area (Å²) < 4.78 is 11.5. The van der Waals surface area contributed by atoms with Crippen molar-refractivity contribution in [2.75, 3.05) is 5.32 Å². The van der Waals surface area contributed by atoms with E-state index in [0.29, 0.717) is 6.04 Å². The van der Waals surface area contributed by atoms with Gasteiger partial charge in [0, 0.05) is 31.6 Å². The lowest BCUT2D eigenvalue weighted by molar-refractivity contribution is -0.0431. The molecule has 3 heteroatoms. The first-order valence-corrected chi connectivity index (χ1v) is 7.39. The Morgan fingerprint density at radius 1 is 1.05 bits per heavy atom. The zero-order chi connectivity index (χ0) is 13.0. The maximum Gasteiger partial charge on any atom is 0.246 e. The molecular formula is C16H21NO2. The van der Waals surface area contributed by atoms with Crippen LogP contribution in [0.25, 0.3) is 0 Å². The van der Waals surface area contributed by atoms with Crippen molar-refractivity contribution in [3.8, 4) is 11.5 Å². The van der Waals surface area contributed by atoms with Crippen LogP contribution in [0.15, 0.2) is 18.2 Å². The van der Waals surface area contributed by atoms with Crippen LogP contribution in [-0.4, -0.2) is 11.8 Å². The van der Waals surface area contributed by atoms with Crippen LogP contribution in [0.1, 0.15) is 39.5 Å². The second-order valence-corrected chi connectivity index (χ2v) is 6.61. The Labute approximate surface area is 114 Å². The minimum Gasteiger partial charge on any atom is -0.449 e. The number of nitrogens with one attached hydrogen (secondary N) is 1. The molecule has 0 unspecified atom stereocenters. The van der Waals surface area contributed by atoms with Crippen molar-refractivity contribution in [3.05, 3.63) is 18.2 Å². The lowest BCUT2D eigenvalue weighted by Crippen LogP contribution is -2.29.